The first kappa shape index (κ1) is 9.08. The average molecular weight is 234 g/mol. The Hall–Kier alpha value is -0.0100. The summed E-state index contributed by atoms with van der Waals surface area (Å²) in [5.41, 5.74) is 2.59. The third-order valence-corrected chi connectivity index (χ3v) is 2.31. The molecule has 0 unspecified atom stereocenters. The zero-order valence-electron chi connectivity index (χ0n) is 6.19. The molecule has 0 aliphatic carbocycles. The molecule has 0 aliphatic heterocycles. The average Bonchev–Trinajstić information content (AvgIpc) is 2.06. The first-order valence-electron chi connectivity index (χ1n) is 3.57. The van der Waals surface area contributed by atoms with Gasteiger partial charge in [-0.05, 0) is 17.5 Å². The van der Waals surface area contributed by atoms with Gasteiger partial charge in [0.2, 0.25) is 0 Å². The molecule has 0 fully saturated rings. The van der Waals surface area contributed by atoms with Crippen molar-refractivity contribution in [3.8, 4) is 0 Å². The molecule has 1 aromatic carbocycles. The predicted octanol–water partition coefficient (Wildman–Crippen LogP) is 3.36. The molecular formula is C9H10BrCl. The Morgan fingerprint density at radius 2 is 1.82 bits per heavy atom. The summed E-state index contributed by atoms with van der Waals surface area (Å²) in [4.78, 5) is 0. The molecule has 0 atom stereocenters. The van der Waals surface area contributed by atoms with Crippen molar-refractivity contribution < 1.29 is 0 Å². The lowest BCUT2D eigenvalue weighted by molar-refractivity contribution is 1.12. The second-order valence-electron chi connectivity index (χ2n) is 2.34. The number of hydrogen-bond acceptors (Lipinski definition) is 0. The highest BCUT2D eigenvalue weighted by Crippen LogP contribution is 2.12. The Balaban J connectivity index is 2.83. The van der Waals surface area contributed by atoms with Gasteiger partial charge in [0.15, 0.2) is 0 Å². The summed E-state index contributed by atoms with van der Waals surface area (Å²) >= 11 is 9.16. The number of benzene rings is 1. The minimum absolute atomic E-state index is 0.614. The first-order valence-corrected chi connectivity index (χ1v) is 5.22. The lowest BCUT2D eigenvalue weighted by atomic mass is 10.1. The van der Waals surface area contributed by atoms with Crippen molar-refractivity contribution in [2.75, 3.05) is 5.33 Å². The van der Waals surface area contributed by atoms with Crippen molar-refractivity contribution in [2.24, 2.45) is 0 Å². The normalized spacial score (nSPS) is 10.0. The highest BCUT2D eigenvalue weighted by atomic mass is 79.9. The van der Waals surface area contributed by atoms with E-state index in [1.165, 1.54) is 11.1 Å². The van der Waals surface area contributed by atoms with E-state index >= 15 is 0 Å². The van der Waals surface area contributed by atoms with E-state index in [2.05, 4.69) is 28.1 Å². The Morgan fingerprint density at radius 1 is 1.18 bits per heavy atom. The molecule has 0 spiro atoms. The van der Waals surface area contributed by atoms with Gasteiger partial charge in [0.05, 0.1) is 0 Å². The molecule has 0 saturated heterocycles. The summed E-state index contributed by atoms with van der Waals surface area (Å²) in [6.45, 7) is 0. The van der Waals surface area contributed by atoms with Crippen LogP contribution < -0.4 is 0 Å². The fourth-order valence-electron chi connectivity index (χ4n) is 1.03. The van der Waals surface area contributed by atoms with Gasteiger partial charge in [0, 0.05) is 11.2 Å². The van der Waals surface area contributed by atoms with Crippen LogP contribution in [0.15, 0.2) is 24.3 Å². The summed E-state index contributed by atoms with van der Waals surface area (Å²) in [6.07, 6.45) is 1.06. The van der Waals surface area contributed by atoms with Crippen LogP contribution >= 0.6 is 27.5 Å². The van der Waals surface area contributed by atoms with Crippen molar-refractivity contribution in [3.63, 3.8) is 0 Å². The van der Waals surface area contributed by atoms with Gasteiger partial charge < -0.3 is 0 Å². The Labute approximate surface area is 80.7 Å². The van der Waals surface area contributed by atoms with Crippen molar-refractivity contribution in [2.45, 2.75) is 12.3 Å². The van der Waals surface area contributed by atoms with Gasteiger partial charge in [-0.15, -0.1) is 11.6 Å². The molecule has 0 saturated carbocycles. The molecule has 0 heterocycles. The second-order valence-corrected chi connectivity index (χ2v) is 3.40. The van der Waals surface area contributed by atoms with Gasteiger partial charge in [0.25, 0.3) is 0 Å². The van der Waals surface area contributed by atoms with Crippen LogP contribution in [0.2, 0.25) is 0 Å². The van der Waals surface area contributed by atoms with E-state index in [1.807, 2.05) is 12.1 Å². The van der Waals surface area contributed by atoms with Crippen LogP contribution in [-0.2, 0) is 12.3 Å². The lowest BCUT2D eigenvalue weighted by Crippen LogP contribution is -1.91. The van der Waals surface area contributed by atoms with E-state index in [9.17, 15) is 0 Å². The van der Waals surface area contributed by atoms with Gasteiger partial charge in [0.1, 0.15) is 0 Å². The highest BCUT2D eigenvalue weighted by molar-refractivity contribution is 9.09. The number of aryl methyl sites for hydroxylation is 1. The van der Waals surface area contributed by atoms with Crippen molar-refractivity contribution >= 4 is 27.5 Å². The van der Waals surface area contributed by atoms with Gasteiger partial charge in [-0.1, -0.05) is 40.2 Å². The molecule has 1 aromatic rings. The largest absolute Gasteiger partial charge is 0.122 e. The van der Waals surface area contributed by atoms with E-state index in [0.29, 0.717) is 5.88 Å². The maximum absolute atomic E-state index is 5.75. The minimum Gasteiger partial charge on any atom is -0.122 e. The molecule has 60 valence electrons. The molecule has 0 nitrogen and oxygen atoms in total. The third-order valence-electron chi connectivity index (χ3n) is 1.63. The van der Waals surface area contributed by atoms with Crippen LogP contribution in [0.4, 0.5) is 0 Å². The maximum atomic E-state index is 5.75. The van der Waals surface area contributed by atoms with Crippen molar-refractivity contribution in [1.82, 2.24) is 0 Å². The van der Waals surface area contributed by atoms with Crippen LogP contribution in [0.25, 0.3) is 0 Å². The van der Waals surface area contributed by atoms with E-state index < -0.39 is 0 Å². The topological polar surface area (TPSA) is 0 Å². The van der Waals surface area contributed by atoms with E-state index in [4.69, 9.17) is 11.6 Å². The zero-order chi connectivity index (χ0) is 8.10. The van der Waals surface area contributed by atoms with E-state index in [0.717, 1.165) is 11.8 Å². The molecule has 0 radical (unpaired) electrons. The molecule has 0 aromatic heterocycles. The van der Waals surface area contributed by atoms with Crippen LogP contribution in [0, 0.1) is 0 Å². The summed E-state index contributed by atoms with van der Waals surface area (Å²) in [5, 5.41) is 1.00. The van der Waals surface area contributed by atoms with Gasteiger partial charge in [-0.2, -0.15) is 0 Å². The summed E-state index contributed by atoms with van der Waals surface area (Å²) in [7, 11) is 0. The lowest BCUT2D eigenvalue weighted by Gasteiger charge is -2.03. The van der Waals surface area contributed by atoms with Gasteiger partial charge in [-0.25, -0.2) is 0 Å². The molecule has 0 bridgehead atoms. The molecular weight excluding hydrogens is 223 g/mol. The molecule has 2 heteroatoms. The van der Waals surface area contributed by atoms with Crippen LogP contribution in [0.5, 0.6) is 0 Å². The fraction of sp³-hybridized carbons (Fsp3) is 0.333. The highest BCUT2D eigenvalue weighted by Gasteiger charge is 1.97. The minimum atomic E-state index is 0.614. The Bertz CT molecular complexity index is 223. The van der Waals surface area contributed by atoms with Crippen LogP contribution in [0.3, 0.4) is 0 Å². The monoisotopic (exact) mass is 232 g/mol. The Kier molecular flexibility index (Phi) is 3.95. The summed E-state index contributed by atoms with van der Waals surface area (Å²) < 4.78 is 0. The number of rotatable bonds is 3. The van der Waals surface area contributed by atoms with Crippen LogP contribution in [-0.4, -0.2) is 5.33 Å². The van der Waals surface area contributed by atoms with E-state index in [-0.39, 0.29) is 0 Å². The predicted molar refractivity (Wildman–Crippen MR) is 53.5 cm³/mol. The molecule has 0 amide bonds. The summed E-state index contributed by atoms with van der Waals surface area (Å²) in [5.74, 6) is 0.614. The first-order chi connectivity index (χ1) is 5.38. The van der Waals surface area contributed by atoms with Crippen LogP contribution in [0.1, 0.15) is 11.1 Å². The fourth-order valence-corrected chi connectivity index (χ4v) is 1.72. The quantitative estimate of drug-likeness (QED) is 0.702. The third kappa shape index (κ3) is 2.49. The molecule has 11 heavy (non-hydrogen) atoms. The molecule has 0 N–H and O–H groups in total. The molecule has 0 aliphatic rings. The SMILES string of the molecule is ClCc1ccccc1CCBr. The Morgan fingerprint density at radius 3 is 2.36 bits per heavy atom. The smallest absolute Gasteiger partial charge is 0.0476 e. The second kappa shape index (κ2) is 4.78. The van der Waals surface area contributed by atoms with Gasteiger partial charge in [-0.3, -0.25) is 0 Å². The molecule has 1 rings (SSSR count). The van der Waals surface area contributed by atoms with Crippen molar-refractivity contribution in [3.05, 3.63) is 35.4 Å². The number of alkyl halides is 2. The van der Waals surface area contributed by atoms with Crippen molar-refractivity contribution in [1.29, 1.82) is 0 Å². The standard InChI is InChI=1S/C9H10BrCl/c10-6-5-8-3-1-2-4-9(8)7-11/h1-4H,5-7H2. The summed E-state index contributed by atoms with van der Waals surface area (Å²) in [6, 6.07) is 8.27. The maximum Gasteiger partial charge on any atom is 0.0476 e. The number of hydrogen-bond donors (Lipinski definition) is 0. The van der Waals surface area contributed by atoms with E-state index in [1.54, 1.807) is 0 Å². The van der Waals surface area contributed by atoms with Gasteiger partial charge >= 0.3 is 0 Å². The number of halogens is 2. The zero-order valence-corrected chi connectivity index (χ0v) is 8.53.